The number of halogens is 1. The van der Waals surface area contributed by atoms with Crippen molar-refractivity contribution in [3.63, 3.8) is 0 Å². The Morgan fingerprint density at radius 1 is 1.39 bits per heavy atom. The quantitative estimate of drug-likeness (QED) is 0.838. The van der Waals surface area contributed by atoms with Crippen molar-refractivity contribution in [3.05, 3.63) is 16.5 Å². The predicted molar refractivity (Wildman–Crippen MR) is 77.7 cm³/mol. The average Bonchev–Trinajstić information content (AvgIpc) is 3.26. The molecule has 2 aliphatic rings. The zero-order chi connectivity index (χ0) is 12.8. The van der Waals surface area contributed by atoms with E-state index in [0.717, 1.165) is 23.8 Å². The van der Waals surface area contributed by atoms with E-state index in [1.807, 2.05) is 18.7 Å². The monoisotopic (exact) mass is 283 g/mol. The molecule has 0 radical (unpaired) electrons. The van der Waals surface area contributed by atoms with Gasteiger partial charge >= 0.3 is 0 Å². The zero-order valence-electron chi connectivity index (χ0n) is 10.8. The van der Waals surface area contributed by atoms with E-state index in [9.17, 15) is 0 Å². The SMILES string of the molecule is CSC1(CNc2nc(C3CC3)nc(Cl)c2C)CC1. The number of anilines is 1. The highest BCUT2D eigenvalue weighted by Crippen LogP contribution is 2.47. The first kappa shape index (κ1) is 12.5. The number of rotatable bonds is 5. The summed E-state index contributed by atoms with van der Waals surface area (Å²) >= 11 is 8.15. The molecule has 3 rings (SSSR count). The molecule has 0 atom stereocenters. The number of hydrogen-bond acceptors (Lipinski definition) is 4. The lowest BCUT2D eigenvalue weighted by Gasteiger charge is -2.16. The van der Waals surface area contributed by atoms with Crippen LogP contribution in [-0.4, -0.2) is 27.5 Å². The van der Waals surface area contributed by atoms with Crippen molar-refractivity contribution in [3.8, 4) is 0 Å². The maximum atomic E-state index is 6.19. The van der Waals surface area contributed by atoms with Gasteiger partial charge in [-0.1, -0.05) is 11.6 Å². The Morgan fingerprint density at radius 3 is 2.67 bits per heavy atom. The second-order valence-corrected chi connectivity index (χ2v) is 6.99. The van der Waals surface area contributed by atoms with Gasteiger partial charge in [0.25, 0.3) is 0 Å². The number of aromatic nitrogens is 2. The molecule has 18 heavy (non-hydrogen) atoms. The van der Waals surface area contributed by atoms with Gasteiger partial charge in [-0.25, -0.2) is 9.97 Å². The smallest absolute Gasteiger partial charge is 0.137 e. The summed E-state index contributed by atoms with van der Waals surface area (Å²) in [5.74, 6) is 2.39. The molecule has 0 unspecified atom stereocenters. The van der Waals surface area contributed by atoms with Gasteiger partial charge in [-0.3, -0.25) is 0 Å². The van der Waals surface area contributed by atoms with Gasteiger partial charge in [0.05, 0.1) is 0 Å². The van der Waals surface area contributed by atoms with Crippen molar-refractivity contribution in [2.24, 2.45) is 0 Å². The van der Waals surface area contributed by atoms with Crippen molar-refractivity contribution in [1.29, 1.82) is 0 Å². The van der Waals surface area contributed by atoms with Crippen molar-refractivity contribution in [2.45, 2.75) is 43.3 Å². The molecule has 3 nitrogen and oxygen atoms in total. The summed E-state index contributed by atoms with van der Waals surface area (Å²) in [5, 5.41) is 4.07. The third-order valence-corrected chi connectivity index (χ3v) is 5.65. The number of nitrogens with zero attached hydrogens (tertiary/aromatic N) is 2. The molecule has 2 saturated carbocycles. The molecule has 1 heterocycles. The normalized spacial score (nSPS) is 20.8. The van der Waals surface area contributed by atoms with Crippen molar-refractivity contribution in [2.75, 3.05) is 18.1 Å². The lowest BCUT2D eigenvalue weighted by Crippen LogP contribution is -2.19. The van der Waals surface area contributed by atoms with E-state index in [1.54, 1.807) is 0 Å². The van der Waals surface area contributed by atoms with Crippen molar-refractivity contribution >= 4 is 29.2 Å². The highest BCUT2D eigenvalue weighted by atomic mass is 35.5. The summed E-state index contributed by atoms with van der Waals surface area (Å²) in [6, 6.07) is 0. The Hall–Kier alpha value is -0.480. The molecule has 0 aliphatic heterocycles. The number of thioether (sulfide) groups is 1. The maximum Gasteiger partial charge on any atom is 0.137 e. The van der Waals surface area contributed by atoms with E-state index in [0.29, 0.717) is 15.8 Å². The minimum Gasteiger partial charge on any atom is -0.368 e. The molecule has 0 spiro atoms. The molecule has 0 saturated heterocycles. The first-order valence-electron chi connectivity index (χ1n) is 6.47. The zero-order valence-corrected chi connectivity index (χ0v) is 12.4. The van der Waals surface area contributed by atoms with E-state index < -0.39 is 0 Å². The van der Waals surface area contributed by atoms with E-state index in [1.165, 1.54) is 25.7 Å². The fraction of sp³-hybridized carbons (Fsp3) is 0.692. The molecule has 0 amide bonds. The first-order chi connectivity index (χ1) is 8.63. The summed E-state index contributed by atoms with van der Waals surface area (Å²) in [4.78, 5) is 9.03. The van der Waals surface area contributed by atoms with Crippen LogP contribution in [0.25, 0.3) is 0 Å². The Bertz CT molecular complexity index is 470. The van der Waals surface area contributed by atoms with Gasteiger partial charge < -0.3 is 5.32 Å². The minimum atomic E-state index is 0.434. The Kier molecular flexibility index (Phi) is 3.18. The fourth-order valence-corrected chi connectivity index (χ4v) is 2.94. The Labute approximate surface area is 117 Å². The molecule has 1 aromatic heterocycles. The van der Waals surface area contributed by atoms with Crippen molar-refractivity contribution < 1.29 is 0 Å². The summed E-state index contributed by atoms with van der Waals surface area (Å²) < 4.78 is 0.434. The van der Waals surface area contributed by atoms with E-state index in [-0.39, 0.29) is 0 Å². The maximum absolute atomic E-state index is 6.19. The van der Waals surface area contributed by atoms with Crippen LogP contribution in [0.4, 0.5) is 5.82 Å². The van der Waals surface area contributed by atoms with E-state index in [4.69, 9.17) is 11.6 Å². The van der Waals surface area contributed by atoms with Crippen LogP contribution in [0.2, 0.25) is 5.15 Å². The molecule has 1 aromatic rings. The first-order valence-corrected chi connectivity index (χ1v) is 8.07. The van der Waals surface area contributed by atoms with Crippen LogP contribution in [0, 0.1) is 6.92 Å². The Balaban J connectivity index is 1.77. The molecule has 5 heteroatoms. The molecule has 2 aliphatic carbocycles. The fourth-order valence-electron chi connectivity index (χ4n) is 2.04. The van der Waals surface area contributed by atoms with Gasteiger partial charge in [0.15, 0.2) is 0 Å². The largest absolute Gasteiger partial charge is 0.368 e. The molecular formula is C13H18ClN3S. The van der Waals surface area contributed by atoms with Crippen LogP contribution in [0.15, 0.2) is 0 Å². The summed E-state index contributed by atoms with van der Waals surface area (Å²) in [6.07, 6.45) is 7.19. The van der Waals surface area contributed by atoms with Gasteiger partial charge in [-0.15, -0.1) is 0 Å². The van der Waals surface area contributed by atoms with Crippen LogP contribution in [0.5, 0.6) is 0 Å². The lowest BCUT2D eigenvalue weighted by molar-refractivity contribution is 0.891. The molecular weight excluding hydrogens is 266 g/mol. The summed E-state index contributed by atoms with van der Waals surface area (Å²) in [7, 11) is 0. The molecule has 0 aromatic carbocycles. The van der Waals surface area contributed by atoms with Crippen LogP contribution >= 0.6 is 23.4 Å². The predicted octanol–water partition coefficient (Wildman–Crippen LogP) is 3.62. The highest BCUT2D eigenvalue weighted by molar-refractivity contribution is 8.00. The van der Waals surface area contributed by atoms with Gasteiger partial charge in [0.2, 0.25) is 0 Å². The van der Waals surface area contributed by atoms with Crippen LogP contribution in [-0.2, 0) is 0 Å². The second-order valence-electron chi connectivity index (χ2n) is 5.36. The number of nitrogens with one attached hydrogen (secondary N) is 1. The standard InChI is InChI=1S/C13H18ClN3S/c1-8-10(14)16-12(9-3-4-9)17-11(8)15-7-13(18-2)5-6-13/h9H,3-7H2,1-2H3,(H,15,16,17). The molecule has 0 bridgehead atoms. The third-order valence-electron chi connectivity index (χ3n) is 3.86. The van der Waals surface area contributed by atoms with Gasteiger partial charge in [0.1, 0.15) is 16.8 Å². The lowest BCUT2D eigenvalue weighted by atomic mass is 10.3. The van der Waals surface area contributed by atoms with Gasteiger partial charge in [0, 0.05) is 22.8 Å². The van der Waals surface area contributed by atoms with E-state index in [2.05, 4.69) is 21.5 Å². The summed E-state index contributed by atoms with van der Waals surface area (Å²) in [5.41, 5.74) is 0.970. The van der Waals surface area contributed by atoms with E-state index >= 15 is 0 Å². The topological polar surface area (TPSA) is 37.8 Å². The number of hydrogen-bond donors (Lipinski definition) is 1. The molecule has 1 N–H and O–H groups in total. The minimum absolute atomic E-state index is 0.434. The van der Waals surface area contributed by atoms with Crippen molar-refractivity contribution in [1.82, 2.24) is 9.97 Å². The van der Waals surface area contributed by atoms with Gasteiger partial charge in [-0.2, -0.15) is 11.8 Å². The average molecular weight is 284 g/mol. The highest BCUT2D eigenvalue weighted by Gasteiger charge is 2.41. The molecule has 98 valence electrons. The second kappa shape index (κ2) is 4.57. The summed E-state index contributed by atoms with van der Waals surface area (Å²) in [6.45, 7) is 2.96. The van der Waals surface area contributed by atoms with Gasteiger partial charge in [-0.05, 0) is 38.9 Å². The third kappa shape index (κ3) is 2.45. The van der Waals surface area contributed by atoms with Crippen LogP contribution in [0.1, 0.15) is 43.0 Å². The van der Waals surface area contributed by atoms with Crippen LogP contribution in [0.3, 0.4) is 0 Å². The van der Waals surface area contributed by atoms with Crippen LogP contribution < -0.4 is 5.32 Å². The Morgan fingerprint density at radius 2 is 2.11 bits per heavy atom. The molecule has 2 fully saturated rings.